The van der Waals surface area contributed by atoms with Crippen molar-refractivity contribution >= 4 is 17.4 Å². The molecule has 5 heteroatoms. The molecular formula is C15H19ClN4. The summed E-state index contributed by atoms with van der Waals surface area (Å²) in [6.07, 6.45) is 7.06. The van der Waals surface area contributed by atoms with Crippen molar-refractivity contribution in [1.82, 2.24) is 15.0 Å². The van der Waals surface area contributed by atoms with E-state index < -0.39 is 0 Å². The highest BCUT2D eigenvalue weighted by Crippen LogP contribution is 2.25. The second-order valence-electron chi connectivity index (χ2n) is 4.59. The third-order valence-corrected chi connectivity index (χ3v) is 3.50. The molecule has 0 aliphatic rings. The van der Waals surface area contributed by atoms with Crippen LogP contribution in [0.3, 0.4) is 0 Å². The van der Waals surface area contributed by atoms with Gasteiger partial charge >= 0.3 is 0 Å². The Morgan fingerprint density at radius 1 is 1.15 bits per heavy atom. The Morgan fingerprint density at radius 3 is 2.55 bits per heavy atom. The molecule has 2 aromatic heterocycles. The maximum Gasteiger partial charge on any atom is 0.137 e. The van der Waals surface area contributed by atoms with Gasteiger partial charge in [-0.05, 0) is 31.0 Å². The monoisotopic (exact) mass is 290 g/mol. The van der Waals surface area contributed by atoms with Gasteiger partial charge in [0.25, 0.3) is 0 Å². The fourth-order valence-electron chi connectivity index (χ4n) is 2.16. The largest absolute Gasteiger partial charge is 0.352 e. The van der Waals surface area contributed by atoms with Gasteiger partial charge in [0.05, 0.1) is 0 Å². The van der Waals surface area contributed by atoms with Crippen LogP contribution >= 0.6 is 11.6 Å². The van der Waals surface area contributed by atoms with Crippen molar-refractivity contribution in [3.8, 4) is 0 Å². The lowest BCUT2D eigenvalue weighted by Gasteiger charge is -2.24. The molecule has 0 unspecified atom stereocenters. The first-order chi connectivity index (χ1) is 9.76. The number of nitrogens with zero attached hydrogens (tertiary/aromatic N) is 4. The topological polar surface area (TPSA) is 41.9 Å². The Labute approximate surface area is 124 Å². The van der Waals surface area contributed by atoms with E-state index in [1.165, 1.54) is 11.9 Å². The number of anilines is 1. The molecule has 2 heterocycles. The molecule has 106 valence electrons. The first-order valence-corrected chi connectivity index (χ1v) is 7.27. The van der Waals surface area contributed by atoms with Crippen LogP contribution in [-0.4, -0.2) is 21.5 Å². The van der Waals surface area contributed by atoms with Crippen molar-refractivity contribution in [1.29, 1.82) is 0 Å². The first kappa shape index (κ1) is 14.7. The van der Waals surface area contributed by atoms with E-state index in [2.05, 4.69) is 33.7 Å². The third-order valence-electron chi connectivity index (χ3n) is 3.17. The predicted molar refractivity (Wildman–Crippen MR) is 82.0 cm³/mol. The standard InChI is InChI=1S/C15H19ClN4/c1-3-5-13-14(16)18-11-19-15(13)20(4-2)10-12-6-8-17-9-7-12/h6-9,11H,3-5,10H2,1-2H3. The number of hydrogen-bond acceptors (Lipinski definition) is 4. The zero-order valence-electron chi connectivity index (χ0n) is 11.9. The molecule has 0 radical (unpaired) electrons. The van der Waals surface area contributed by atoms with E-state index in [1.807, 2.05) is 24.5 Å². The van der Waals surface area contributed by atoms with Gasteiger partial charge in [-0.25, -0.2) is 9.97 Å². The summed E-state index contributed by atoms with van der Waals surface area (Å²) in [5, 5.41) is 0.560. The van der Waals surface area contributed by atoms with Crippen LogP contribution in [-0.2, 0) is 13.0 Å². The van der Waals surface area contributed by atoms with Crippen LogP contribution < -0.4 is 4.90 Å². The maximum absolute atomic E-state index is 6.22. The molecule has 0 atom stereocenters. The summed E-state index contributed by atoms with van der Waals surface area (Å²) in [5.41, 5.74) is 2.24. The molecule has 0 aromatic carbocycles. The molecule has 2 rings (SSSR count). The van der Waals surface area contributed by atoms with E-state index in [0.29, 0.717) is 5.15 Å². The summed E-state index contributed by atoms with van der Waals surface area (Å²) in [4.78, 5) is 14.8. The number of halogens is 1. The normalized spacial score (nSPS) is 10.6. The molecule has 4 nitrogen and oxygen atoms in total. The Hall–Kier alpha value is -1.68. The van der Waals surface area contributed by atoms with Crippen LogP contribution in [0.1, 0.15) is 31.4 Å². The van der Waals surface area contributed by atoms with Gasteiger partial charge in [-0.2, -0.15) is 0 Å². The number of aromatic nitrogens is 3. The van der Waals surface area contributed by atoms with Crippen LogP contribution in [0.15, 0.2) is 30.9 Å². The Bertz CT molecular complexity index is 545. The lowest BCUT2D eigenvalue weighted by molar-refractivity contribution is 0.787. The lowest BCUT2D eigenvalue weighted by atomic mass is 10.1. The molecule has 2 aromatic rings. The van der Waals surface area contributed by atoms with E-state index in [4.69, 9.17) is 11.6 Å². The van der Waals surface area contributed by atoms with E-state index in [-0.39, 0.29) is 0 Å². The van der Waals surface area contributed by atoms with Crippen LogP contribution in [0.5, 0.6) is 0 Å². The molecule has 0 N–H and O–H groups in total. The highest BCUT2D eigenvalue weighted by Gasteiger charge is 2.15. The molecule has 0 spiro atoms. The molecule has 0 saturated heterocycles. The molecule has 0 amide bonds. The average Bonchev–Trinajstić information content (AvgIpc) is 2.48. The van der Waals surface area contributed by atoms with Crippen molar-refractivity contribution in [2.45, 2.75) is 33.2 Å². The second kappa shape index (κ2) is 7.20. The Balaban J connectivity index is 2.29. The molecule has 0 saturated carbocycles. The Morgan fingerprint density at radius 2 is 1.90 bits per heavy atom. The van der Waals surface area contributed by atoms with Crippen LogP contribution in [0.2, 0.25) is 5.15 Å². The lowest BCUT2D eigenvalue weighted by Crippen LogP contribution is -2.24. The fourth-order valence-corrected chi connectivity index (χ4v) is 2.39. The summed E-state index contributed by atoms with van der Waals surface area (Å²) in [6.45, 7) is 5.91. The predicted octanol–water partition coefficient (Wildman–Crippen LogP) is 3.50. The van der Waals surface area contributed by atoms with Crippen molar-refractivity contribution in [3.63, 3.8) is 0 Å². The van der Waals surface area contributed by atoms with Crippen molar-refractivity contribution in [3.05, 3.63) is 47.1 Å². The zero-order valence-corrected chi connectivity index (χ0v) is 12.6. The fraction of sp³-hybridized carbons (Fsp3) is 0.400. The van der Waals surface area contributed by atoms with Gasteiger partial charge in [-0.15, -0.1) is 0 Å². The molecule has 0 aliphatic heterocycles. The van der Waals surface area contributed by atoms with Gasteiger partial charge in [-0.1, -0.05) is 24.9 Å². The van der Waals surface area contributed by atoms with Crippen LogP contribution in [0.4, 0.5) is 5.82 Å². The van der Waals surface area contributed by atoms with Gasteiger partial charge < -0.3 is 4.90 Å². The SMILES string of the molecule is CCCc1c(Cl)ncnc1N(CC)Cc1ccncc1. The summed E-state index contributed by atoms with van der Waals surface area (Å²) in [7, 11) is 0. The summed E-state index contributed by atoms with van der Waals surface area (Å²) >= 11 is 6.22. The maximum atomic E-state index is 6.22. The minimum Gasteiger partial charge on any atom is -0.352 e. The van der Waals surface area contributed by atoms with Crippen molar-refractivity contribution in [2.24, 2.45) is 0 Å². The van der Waals surface area contributed by atoms with Crippen molar-refractivity contribution < 1.29 is 0 Å². The van der Waals surface area contributed by atoms with E-state index >= 15 is 0 Å². The summed E-state index contributed by atoms with van der Waals surface area (Å²) in [5.74, 6) is 0.936. The third kappa shape index (κ3) is 3.45. The summed E-state index contributed by atoms with van der Waals surface area (Å²) in [6, 6.07) is 4.04. The summed E-state index contributed by atoms with van der Waals surface area (Å²) < 4.78 is 0. The number of hydrogen-bond donors (Lipinski definition) is 0. The van der Waals surface area contributed by atoms with Gasteiger partial charge in [0.15, 0.2) is 0 Å². The van der Waals surface area contributed by atoms with E-state index in [9.17, 15) is 0 Å². The van der Waals surface area contributed by atoms with Crippen molar-refractivity contribution in [2.75, 3.05) is 11.4 Å². The molecular weight excluding hydrogens is 272 g/mol. The van der Waals surface area contributed by atoms with E-state index in [0.717, 1.165) is 37.3 Å². The number of pyridine rings is 1. The molecule has 0 bridgehead atoms. The zero-order chi connectivity index (χ0) is 14.4. The minimum atomic E-state index is 0.560. The highest BCUT2D eigenvalue weighted by molar-refractivity contribution is 6.30. The molecule has 20 heavy (non-hydrogen) atoms. The number of rotatable bonds is 6. The van der Waals surface area contributed by atoms with Gasteiger partial charge in [0, 0.05) is 31.0 Å². The molecule has 0 fully saturated rings. The minimum absolute atomic E-state index is 0.560. The van der Waals surface area contributed by atoms with Gasteiger partial charge in [-0.3, -0.25) is 4.98 Å². The first-order valence-electron chi connectivity index (χ1n) is 6.89. The average molecular weight is 291 g/mol. The van der Waals surface area contributed by atoms with E-state index in [1.54, 1.807) is 0 Å². The molecule has 0 aliphatic carbocycles. The highest BCUT2D eigenvalue weighted by atomic mass is 35.5. The van der Waals surface area contributed by atoms with Crippen LogP contribution in [0.25, 0.3) is 0 Å². The second-order valence-corrected chi connectivity index (χ2v) is 4.94. The smallest absolute Gasteiger partial charge is 0.137 e. The van der Waals surface area contributed by atoms with Crippen LogP contribution in [0, 0.1) is 0 Å². The Kier molecular flexibility index (Phi) is 5.30. The van der Waals surface area contributed by atoms with Gasteiger partial charge in [0.1, 0.15) is 17.3 Å². The van der Waals surface area contributed by atoms with Gasteiger partial charge in [0.2, 0.25) is 0 Å². The quantitative estimate of drug-likeness (QED) is 0.764.